The largest absolute Gasteiger partial charge is 0.0799 e. The van der Waals surface area contributed by atoms with Crippen molar-refractivity contribution in [2.24, 2.45) is 5.92 Å². The Morgan fingerprint density at radius 3 is 2.50 bits per heavy atom. The zero-order valence-corrected chi connectivity index (χ0v) is 6.34. The van der Waals surface area contributed by atoms with Crippen LogP contribution in [0.4, 0.5) is 0 Å². The summed E-state index contributed by atoms with van der Waals surface area (Å²) in [6.45, 7) is 0. The van der Waals surface area contributed by atoms with E-state index >= 15 is 0 Å². The predicted octanol–water partition coefficient (Wildman–Crippen LogP) is 3.06. The minimum Gasteiger partial charge on any atom is -0.0799 e. The number of hydrogen-bond donors (Lipinski definition) is 0. The summed E-state index contributed by atoms with van der Waals surface area (Å²) in [6, 6.07) is 0. The lowest BCUT2D eigenvalue weighted by atomic mass is 9.96. The van der Waals surface area contributed by atoms with Crippen LogP contribution in [0.5, 0.6) is 0 Å². The molecule has 1 saturated carbocycles. The van der Waals surface area contributed by atoms with Crippen LogP contribution < -0.4 is 0 Å². The first kappa shape index (κ1) is 6.21. The monoisotopic (exact) mass is 134 g/mol. The SMILES string of the molecule is C1=C/C(=C/C2CCCC2)C1. The van der Waals surface area contributed by atoms with Gasteiger partial charge in [0, 0.05) is 0 Å². The quantitative estimate of drug-likeness (QED) is 0.517. The second-order valence-electron chi connectivity index (χ2n) is 3.39. The Labute approximate surface area is 62.6 Å². The summed E-state index contributed by atoms with van der Waals surface area (Å²) in [5, 5.41) is 0. The first-order chi connectivity index (χ1) is 4.95. The zero-order valence-electron chi connectivity index (χ0n) is 6.34. The Morgan fingerprint density at radius 2 is 2.00 bits per heavy atom. The second-order valence-corrected chi connectivity index (χ2v) is 3.39. The lowest BCUT2D eigenvalue weighted by Crippen LogP contribution is -1.93. The summed E-state index contributed by atoms with van der Waals surface area (Å²) in [5.41, 5.74) is 1.58. The average molecular weight is 134 g/mol. The van der Waals surface area contributed by atoms with Crippen molar-refractivity contribution < 1.29 is 0 Å². The van der Waals surface area contributed by atoms with Gasteiger partial charge in [0.15, 0.2) is 0 Å². The molecule has 0 spiro atoms. The van der Waals surface area contributed by atoms with Crippen LogP contribution in [0.25, 0.3) is 0 Å². The highest BCUT2D eigenvalue weighted by Gasteiger charge is 2.13. The van der Waals surface area contributed by atoms with E-state index in [4.69, 9.17) is 0 Å². The molecule has 0 bridgehead atoms. The Kier molecular flexibility index (Phi) is 1.62. The highest BCUT2D eigenvalue weighted by molar-refractivity contribution is 5.31. The van der Waals surface area contributed by atoms with Gasteiger partial charge in [-0.05, 0) is 30.8 Å². The third-order valence-corrected chi connectivity index (χ3v) is 2.54. The van der Waals surface area contributed by atoms with E-state index in [1.165, 1.54) is 32.1 Å². The van der Waals surface area contributed by atoms with Gasteiger partial charge in [0.05, 0.1) is 0 Å². The molecule has 0 aliphatic heterocycles. The van der Waals surface area contributed by atoms with Gasteiger partial charge in [-0.15, -0.1) is 0 Å². The molecule has 0 nitrogen and oxygen atoms in total. The van der Waals surface area contributed by atoms with E-state index in [1.807, 2.05) is 0 Å². The second kappa shape index (κ2) is 2.61. The van der Waals surface area contributed by atoms with Crippen LogP contribution >= 0.6 is 0 Å². The highest BCUT2D eigenvalue weighted by Crippen LogP contribution is 2.29. The zero-order chi connectivity index (χ0) is 6.81. The Hall–Kier alpha value is -0.520. The molecule has 0 aromatic rings. The molecule has 54 valence electrons. The number of hydrogen-bond acceptors (Lipinski definition) is 0. The molecular formula is C10H14. The van der Waals surface area contributed by atoms with E-state index in [0.29, 0.717) is 0 Å². The summed E-state index contributed by atoms with van der Waals surface area (Å²) in [6.07, 6.45) is 14.0. The normalized spacial score (nSPS) is 29.4. The van der Waals surface area contributed by atoms with Crippen molar-refractivity contribution in [3.63, 3.8) is 0 Å². The molecule has 0 atom stereocenters. The fourth-order valence-electron chi connectivity index (χ4n) is 1.80. The van der Waals surface area contributed by atoms with Crippen LogP contribution in [-0.4, -0.2) is 0 Å². The minimum absolute atomic E-state index is 0.931. The van der Waals surface area contributed by atoms with Crippen molar-refractivity contribution in [2.75, 3.05) is 0 Å². The van der Waals surface area contributed by atoms with Crippen molar-refractivity contribution in [1.82, 2.24) is 0 Å². The highest BCUT2D eigenvalue weighted by atomic mass is 14.2. The summed E-state index contributed by atoms with van der Waals surface area (Å²) in [4.78, 5) is 0. The first-order valence-corrected chi connectivity index (χ1v) is 4.32. The van der Waals surface area contributed by atoms with Crippen LogP contribution in [0, 0.1) is 5.92 Å². The minimum atomic E-state index is 0.931. The third kappa shape index (κ3) is 1.16. The van der Waals surface area contributed by atoms with E-state index in [-0.39, 0.29) is 0 Å². The lowest BCUT2D eigenvalue weighted by molar-refractivity contribution is 0.679. The average Bonchev–Trinajstić information content (AvgIpc) is 2.29. The van der Waals surface area contributed by atoms with Crippen LogP contribution in [0.2, 0.25) is 0 Å². The molecule has 2 aliphatic carbocycles. The van der Waals surface area contributed by atoms with Crippen molar-refractivity contribution in [3.8, 4) is 0 Å². The summed E-state index contributed by atoms with van der Waals surface area (Å²) < 4.78 is 0. The molecule has 0 aromatic heterocycles. The van der Waals surface area contributed by atoms with Gasteiger partial charge in [-0.2, -0.15) is 0 Å². The van der Waals surface area contributed by atoms with Crippen LogP contribution in [0.3, 0.4) is 0 Å². The van der Waals surface area contributed by atoms with E-state index in [2.05, 4.69) is 18.2 Å². The fraction of sp³-hybridized carbons (Fsp3) is 0.600. The van der Waals surface area contributed by atoms with E-state index in [0.717, 1.165) is 5.92 Å². The molecule has 0 amide bonds. The van der Waals surface area contributed by atoms with E-state index < -0.39 is 0 Å². The fourth-order valence-corrected chi connectivity index (χ4v) is 1.80. The van der Waals surface area contributed by atoms with Gasteiger partial charge in [-0.3, -0.25) is 0 Å². The molecule has 0 radical (unpaired) electrons. The molecule has 0 heterocycles. The van der Waals surface area contributed by atoms with Gasteiger partial charge in [0.1, 0.15) is 0 Å². The molecule has 0 N–H and O–H groups in total. The predicted molar refractivity (Wildman–Crippen MR) is 43.8 cm³/mol. The standard InChI is InChI=1S/C10H14/c1-2-5-9(4-1)8-10-6-3-7-10/h3,6,8-9H,1-2,4-5,7H2/b10-8-. The number of allylic oxidation sites excluding steroid dienone is 4. The number of rotatable bonds is 1. The third-order valence-electron chi connectivity index (χ3n) is 2.54. The smallest absolute Gasteiger partial charge is 0.00974 e. The van der Waals surface area contributed by atoms with Crippen LogP contribution in [0.15, 0.2) is 23.8 Å². The Balaban J connectivity index is 1.93. The molecule has 10 heavy (non-hydrogen) atoms. The molecule has 1 fully saturated rings. The van der Waals surface area contributed by atoms with Crippen molar-refractivity contribution in [3.05, 3.63) is 23.8 Å². The Bertz CT molecular complexity index is 168. The maximum Gasteiger partial charge on any atom is -0.00974 e. The summed E-state index contributed by atoms with van der Waals surface area (Å²) >= 11 is 0. The summed E-state index contributed by atoms with van der Waals surface area (Å²) in [5.74, 6) is 0.931. The Morgan fingerprint density at radius 1 is 1.30 bits per heavy atom. The molecule has 2 rings (SSSR count). The van der Waals surface area contributed by atoms with Gasteiger partial charge in [0.2, 0.25) is 0 Å². The van der Waals surface area contributed by atoms with Gasteiger partial charge in [-0.25, -0.2) is 0 Å². The van der Waals surface area contributed by atoms with E-state index in [1.54, 1.807) is 5.57 Å². The van der Waals surface area contributed by atoms with Crippen LogP contribution in [-0.2, 0) is 0 Å². The van der Waals surface area contributed by atoms with Crippen molar-refractivity contribution >= 4 is 0 Å². The maximum atomic E-state index is 2.48. The van der Waals surface area contributed by atoms with Gasteiger partial charge < -0.3 is 0 Å². The van der Waals surface area contributed by atoms with Crippen molar-refractivity contribution in [2.45, 2.75) is 32.1 Å². The topological polar surface area (TPSA) is 0 Å². The van der Waals surface area contributed by atoms with E-state index in [9.17, 15) is 0 Å². The van der Waals surface area contributed by atoms with Gasteiger partial charge in [0.25, 0.3) is 0 Å². The lowest BCUT2D eigenvalue weighted by Gasteiger charge is -2.09. The summed E-state index contributed by atoms with van der Waals surface area (Å²) in [7, 11) is 0. The molecule has 0 heteroatoms. The van der Waals surface area contributed by atoms with Gasteiger partial charge >= 0.3 is 0 Å². The molecular weight excluding hydrogens is 120 g/mol. The molecule has 0 aromatic carbocycles. The van der Waals surface area contributed by atoms with Crippen LogP contribution in [0.1, 0.15) is 32.1 Å². The molecule has 0 unspecified atom stereocenters. The maximum absolute atomic E-state index is 2.48. The molecule has 0 saturated heterocycles. The molecule has 2 aliphatic rings. The van der Waals surface area contributed by atoms with Gasteiger partial charge in [-0.1, -0.05) is 31.1 Å². The van der Waals surface area contributed by atoms with Crippen molar-refractivity contribution in [1.29, 1.82) is 0 Å². The first-order valence-electron chi connectivity index (χ1n) is 4.32.